The number of esters is 3. The molecule has 0 fully saturated rings. The van der Waals surface area contributed by atoms with Crippen molar-refractivity contribution in [2.24, 2.45) is 0 Å². The number of hydrogen-bond donors (Lipinski definition) is 0. The molecule has 0 aromatic rings. The van der Waals surface area contributed by atoms with Crippen LogP contribution in [0.2, 0.25) is 0 Å². The maximum atomic E-state index is 12.9. The van der Waals surface area contributed by atoms with Gasteiger partial charge in [0.1, 0.15) is 13.2 Å². The van der Waals surface area contributed by atoms with E-state index in [9.17, 15) is 14.4 Å². The number of rotatable bonds is 60. The second-order valence-corrected chi connectivity index (χ2v) is 22.0. The summed E-state index contributed by atoms with van der Waals surface area (Å²) in [5, 5.41) is 0. The minimum atomic E-state index is -0.781. The van der Waals surface area contributed by atoms with Gasteiger partial charge in [0.2, 0.25) is 0 Å². The monoisotopic (exact) mass is 1060 g/mol. The number of ether oxygens (including phenoxy) is 3. The van der Waals surface area contributed by atoms with Crippen molar-refractivity contribution in [1.29, 1.82) is 0 Å². The van der Waals surface area contributed by atoms with Crippen molar-refractivity contribution in [3.05, 3.63) is 72.9 Å². The van der Waals surface area contributed by atoms with Gasteiger partial charge in [0, 0.05) is 19.3 Å². The fourth-order valence-corrected chi connectivity index (χ4v) is 9.48. The lowest BCUT2D eigenvalue weighted by Crippen LogP contribution is -2.30. The molecule has 0 rings (SSSR count). The molecule has 440 valence electrons. The van der Waals surface area contributed by atoms with Crippen LogP contribution in [0.1, 0.15) is 335 Å². The Morgan fingerprint density at radius 1 is 0.276 bits per heavy atom. The van der Waals surface area contributed by atoms with Crippen molar-refractivity contribution < 1.29 is 28.6 Å². The van der Waals surface area contributed by atoms with E-state index in [0.29, 0.717) is 19.3 Å². The average Bonchev–Trinajstić information content (AvgIpc) is 3.42. The molecule has 6 heteroatoms. The summed E-state index contributed by atoms with van der Waals surface area (Å²) in [7, 11) is 0. The maximum Gasteiger partial charge on any atom is 0.306 e. The molecule has 0 spiro atoms. The first-order chi connectivity index (χ1) is 37.5. The normalized spacial score (nSPS) is 12.5. The minimum Gasteiger partial charge on any atom is -0.462 e. The summed E-state index contributed by atoms with van der Waals surface area (Å²) in [5.74, 6) is -0.877. The van der Waals surface area contributed by atoms with Crippen molar-refractivity contribution in [2.45, 2.75) is 341 Å². The summed E-state index contributed by atoms with van der Waals surface area (Å²) in [6, 6.07) is 0. The second kappa shape index (κ2) is 64.4. The number of carbonyl (C=O) groups is 3. The van der Waals surface area contributed by atoms with Gasteiger partial charge in [0.15, 0.2) is 6.10 Å². The van der Waals surface area contributed by atoms with E-state index >= 15 is 0 Å². The summed E-state index contributed by atoms with van der Waals surface area (Å²) in [6.07, 6.45) is 83.4. The lowest BCUT2D eigenvalue weighted by Gasteiger charge is -2.18. The van der Waals surface area contributed by atoms with Gasteiger partial charge in [-0.1, -0.05) is 280 Å². The summed E-state index contributed by atoms with van der Waals surface area (Å²) < 4.78 is 16.9. The Kier molecular flexibility index (Phi) is 61.7. The van der Waals surface area contributed by atoms with E-state index in [2.05, 4.69) is 93.7 Å². The summed E-state index contributed by atoms with van der Waals surface area (Å²) in [6.45, 7) is 6.53. The van der Waals surface area contributed by atoms with Gasteiger partial charge < -0.3 is 14.2 Å². The predicted octanol–water partition coefficient (Wildman–Crippen LogP) is 22.5. The SMILES string of the molecule is CC/C=C\C/C=C\C/C=C\C/C=C\CCCCCCCCCCCCC(=O)OCC(COC(=O)CCCCCCC/C=C\CCCCC)OC(=O)CCCCCCCCCCCCC/C=C\CCCCCCCCCC. The Morgan fingerprint density at radius 3 is 0.842 bits per heavy atom. The quantitative estimate of drug-likeness (QED) is 0.0261. The topological polar surface area (TPSA) is 78.9 Å². The first kappa shape index (κ1) is 72.8. The zero-order chi connectivity index (χ0) is 55.0. The summed E-state index contributed by atoms with van der Waals surface area (Å²) >= 11 is 0. The van der Waals surface area contributed by atoms with Gasteiger partial charge >= 0.3 is 17.9 Å². The Morgan fingerprint density at radius 2 is 0.513 bits per heavy atom. The van der Waals surface area contributed by atoms with Gasteiger partial charge in [0.05, 0.1) is 0 Å². The van der Waals surface area contributed by atoms with Crippen LogP contribution in [0.3, 0.4) is 0 Å². The number of hydrogen-bond acceptors (Lipinski definition) is 6. The third-order valence-corrected chi connectivity index (χ3v) is 14.4. The Hall–Kier alpha value is -3.15. The molecule has 0 amide bonds. The van der Waals surface area contributed by atoms with E-state index in [-0.39, 0.29) is 31.1 Å². The highest BCUT2D eigenvalue weighted by Crippen LogP contribution is 2.17. The first-order valence-electron chi connectivity index (χ1n) is 32.9. The molecule has 0 aliphatic carbocycles. The van der Waals surface area contributed by atoms with E-state index in [0.717, 1.165) is 89.9 Å². The Labute approximate surface area is 472 Å². The van der Waals surface area contributed by atoms with E-state index in [1.165, 1.54) is 205 Å². The number of carbonyl (C=O) groups excluding carboxylic acids is 3. The number of unbranched alkanes of at least 4 members (excludes halogenated alkanes) is 37. The highest BCUT2D eigenvalue weighted by atomic mass is 16.6. The van der Waals surface area contributed by atoms with Crippen molar-refractivity contribution >= 4 is 17.9 Å². The molecule has 0 aromatic carbocycles. The van der Waals surface area contributed by atoms with Gasteiger partial charge in [-0.25, -0.2) is 0 Å². The molecule has 1 atom stereocenters. The van der Waals surface area contributed by atoms with Crippen LogP contribution in [-0.2, 0) is 28.6 Å². The maximum absolute atomic E-state index is 12.9. The Bertz CT molecular complexity index is 1400. The molecule has 0 N–H and O–H groups in total. The average molecular weight is 1060 g/mol. The van der Waals surface area contributed by atoms with Gasteiger partial charge in [-0.15, -0.1) is 0 Å². The van der Waals surface area contributed by atoms with Crippen LogP contribution in [0.5, 0.6) is 0 Å². The van der Waals surface area contributed by atoms with Crippen molar-refractivity contribution in [3.8, 4) is 0 Å². The third-order valence-electron chi connectivity index (χ3n) is 14.4. The van der Waals surface area contributed by atoms with Crippen LogP contribution < -0.4 is 0 Å². The van der Waals surface area contributed by atoms with Gasteiger partial charge in [0.25, 0.3) is 0 Å². The van der Waals surface area contributed by atoms with E-state index in [4.69, 9.17) is 14.2 Å². The smallest absolute Gasteiger partial charge is 0.306 e. The molecule has 0 heterocycles. The van der Waals surface area contributed by atoms with Crippen LogP contribution in [0, 0.1) is 0 Å². The van der Waals surface area contributed by atoms with E-state index in [1.807, 2.05) is 0 Å². The number of allylic oxidation sites excluding steroid dienone is 12. The van der Waals surface area contributed by atoms with Crippen LogP contribution >= 0.6 is 0 Å². The summed E-state index contributed by atoms with van der Waals surface area (Å²) in [5.41, 5.74) is 0. The third kappa shape index (κ3) is 61.7. The van der Waals surface area contributed by atoms with Crippen molar-refractivity contribution in [3.63, 3.8) is 0 Å². The lowest BCUT2D eigenvalue weighted by molar-refractivity contribution is -0.167. The zero-order valence-corrected chi connectivity index (χ0v) is 50.5. The van der Waals surface area contributed by atoms with Crippen LogP contribution in [0.15, 0.2) is 72.9 Å². The van der Waals surface area contributed by atoms with Gasteiger partial charge in [-0.2, -0.15) is 0 Å². The molecule has 1 unspecified atom stereocenters. The minimum absolute atomic E-state index is 0.0786. The lowest BCUT2D eigenvalue weighted by atomic mass is 10.0. The molecule has 76 heavy (non-hydrogen) atoms. The van der Waals surface area contributed by atoms with Crippen molar-refractivity contribution in [2.75, 3.05) is 13.2 Å². The van der Waals surface area contributed by atoms with E-state index < -0.39 is 6.10 Å². The molecule has 6 nitrogen and oxygen atoms in total. The standard InChI is InChI=1S/C70H124O6/c1-4-7-10-13-16-19-22-25-27-29-31-33-35-37-39-41-43-45-48-51-54-57-60-63-69(72)75-66-67(65-74-68(71)62-59-56-53-50-47-24-21-18-15-12-9-6-3)76-70(73)64-61-58-55-52-49-46-44-42-40-38-36-34-32-30-28-26-23-20-17-14-11-8-5-2/h7,10,16,18-19,21,25,27,30-33,67H,4-6,8-9,11-15,17,20,22-24,26,28-29,34-66H2,1-3H3/b10-7-,19-16-,21-18-,27-25-,32-30-,33-31-. The van der Waals surface area contributed by atoms with E-state index in [1.54, 1.807) is 0 Å². The molecular weight excluding hydrogens is 937 g/mol. The molecule has 0 aliphatic heterocycles. The van der Waals surface area contributed by atoms with Crippen LogP contribution in [-0.4, -0.2) is 37.2 Å². The molecule has 0 saturated heterocycles. The van der Waals surface area contributed by atoms with Crippen LogP contribution in [0.4, 0.5) is 0 Å². The molecule has 0 aromatic heterocycles. The highest BCUT2D eigenvalue weighted by molar-refractivity contribution is 5.71. The fraction of sp³-hybridized carbons (Fsp3) is 0.786. The van der Waals surface area contributed by atoms with Gasteiger partial charge in [-0.05, 0) is 109 Å². The molecule has 0 radical (unpaired) electrons. The first-order valence-corrected chi connectivity index (χ1v) is 32.9. The molecule has 0 bridgehead atoms. The largest absolute Gasteiger partial charge is 0.462 e. The highest BCUT2D eigenvalue weighted by Gasteiger charge is 2.19. The molecular formula is C70H124O6. The fourth-order valence-electron chi connectivity index (χ4n) is 9.48. The van der Waals surface area contributed by atoms with Gasteiger partial charge in [-0.3, -0.25) is 14.4 Å². The van der Waals surface area contributed by atoms with Crippen molar-refractivity contribution in [1.82, 2.24) is 0 Å². The molecule has 0 aliphatic rings. The second-order valence-electron chi connectivity index (χ2n) is 22.0. The van der Waals surface area contributed by atoms with Crippen LogP contribution in [0.25, 0.3) is 0 Å². The zero-order valence-electron chi connectivity index (χ0n) is 50.5. The summed E-state index contributed by atoms with van der Waals surface area (Å²) in [4.78, 5) is 38.3. The Balaban J connectivity index is 4.28. The molecule has 0 saturated carbocycles. The predicted molar refractivity (Wildman–Crippen MR) is 330 cm³/mol.